The summed E-state index contributed by atoms with van der Waals surface area (Å²) in [6.45, 7) is 1.70. The molecule has 20 heavy (non-hydrogen) atoms. The van der Waals surface area contributed by atoms with Gasteiger partial charge in [-0.3, -0.25) is 9.67 Å². The molecule has 0 aliphatic rings. The molecule has 108 valence electrons. The van der Waals surface area contributed by atoms with E-state index in [-0.39, 0.29) is 6.04 Å². The Labute approximate surface area is 124 Å². The molecular formula is C14H20ClN5. The topological polar surface area (TPSA) is 46.0 Å². The van der Waals surface area contributed by atoms with Gasteiger partial charge in [-0.05, 0) is 33.3 Å². The first-order chi connectivity index (χ1) is 9.63. The number of hydrogen-bond acceptors (Lipinski definition) is 4. The van der Waals surface area contributed by atoms with Gasteiger partial charge in [-0.2, -0.15) is 5.10 Å². The molecular weight excluding hydrogens is 274 g/mol. The van der Waals surface area contributed by atoms with Crippen LogP contribution in [0.3, 0.4) is 0 Å². The predicted molar refractivity (Wildman–Crippen MR) is 80.9 cm³/mol. The minimum atomic E-state index is -0.0617. The van der Waals surface area contributed by atoms with Crippen LogP contribution in [0.25, 0.3) is 0 Å². The Balaban J connectivity index is 2.32. The van der Waals surface area contributed by atoms with Crippen molar-refractivity contribution < 1.29 is 0 Å². The number of pyridine rings is 1. The van der Waals surface area contributed by atoms with Crippen LogP contribution in [0.2, 0.25) is 5.02 Å². The molecule has 0 saturated heterocycles. The van der Waals surface area contributed by atoms with Gasteiger partial charge in [0.2, 0.25) is 0 Å². The van der Waals surface area contributed by atoms with Crippen LogP contribution in [0.5, 0.6) is 0 Å². The lowest BCUT2D eigenvalue weighted by atomic mass is 10.1. The van der Waals surface area contributed by atoms with Gasteiger partial charge >= 0.3 is 0 Å². The molecule has 0 bridgehead atoms. The zero-order valence-electron chi connectivity index (χ0n) is 12.0. The normalized spacial score (nSPS) is 12.8. The molecule has 0 aromatic carbocycles. The van der Waals surface area contributed by atoms with Crippen LogP contribution < -0.4 is 5.32 Å². The lowest BCUT2D eigenvalue weighted by molar-refractivity contribution is 0.366. The average Bonchev–Trinajstić information content (AvgIpc) is 2.80. The Hall–Kier alpha value is -1.43. The number of hydrogen-bond donors (Lipinski definition) is 1. The van der Waals surface area contributed by atoms with E-state index in [0.717, 1.165) is 24.5 Å². The Morgan fingerprint density at radius 2 is 2.20 bits per heavy atom. The fourth-order valence-corrected chi connectivity index (χ4v) is 2.35. The van der Waals surface area contributed by atoms with Crippen molar-refractivity contribution in [3.63, 3.8) is 0 Å². The smallest absolute Gasteiger partial charge is 0.0934 e. The van der Waals surface area contributed by atoms with Crippen molar-refractivity contribution in [2.45, 2.75) is 12.6 Å². The molecule has 1 unspecified atom stereocenters. The van der Waals surface area contributed by atoms with Crippen molar-refractivity contribution in [3.8, 4) is 0 Å². The first kappa shape index (κ1) is 15.0. The fraction of sp³-hybridized carbons (Fsp3) is 0.429. The summed E-state index contributed by atoms with van der Waals surface area (Å²) in [5.41, 5.74) is 1.89. The van der Waals surface area contributed by atoms with E-state index < -0.39 is 0 Å². The molecule has 0 fully saturated rings. The molecule has 2 aromatic rings. The van der Waals surface area contributed by atoms with Crippen molar-refractivity contribution in [2.24, 2.45) is 0 Å². The third-order valence-corrected chi connectivity index (χ3v) is 3.43. The highest BCUT2D eigenvalue weighted by Crippen LogP contribution is 2.26. The van der Waals surface area contributed by atoms with E-state index >= 15 is 0 Å². The SMILES string of the molecule is CNC(c1ccccn1)c1c(Cl)cnn1CCN(C)C. The first-order valence-corrected chi connectivity index (χ1v) is 6.95. The summed E-state index contributed by atoms with van der Waals surface area (Å²) in [6.07, 6.45) is 3.48. The lowest BCUT2D eigenvalue weighted by Gasteiger charge is -2.19. The largest absolute Gasteiger partial charge is 0.308 e. The minimum absolute atomic E-state index is 0.0617. The van der Waals surface area contributed by atoms with Gasteiger partial charge in [0, 0.05) is 12.7 Å². The summed E-state index contributed by atoms with van der Waals surface area (Å²) in [5, 5.41) is 8.30. The molecule has 1 atom stereocenters. The quantitative estimate of drug-likeness (QED) is 0.882. The summed E-state index contributed by atoms with van der Waals surface area (Å²) >= 11 is 6.32. The van der Waals surface area contributed by atoms with Gasteiger partial charge in [0.05, 0.1) is 35.2 Å². The predicted octanol–water partition coefficient (Wildman–Crippen LogP) is 1.80. The maximum absolute atomic E-state index is 6.32. The maximum atomic E-state index is 6.32. The molecule has 0 radical (unpaired) electrons. The van der Waals surface area contributed by atoms with E-state index in [9.17, 15) is 0 Å². The molecule has 0 amide bonds. The number of nitrogens with one attached hydrogen (secondary N) is 1. The minimum Gasteiger partial charge on any atom is -0.308 e. The zero-order valence-corrected chi connectivity index (χ0v) is 12.8. The molecule has 6 heteroatoms. The highest BCUT2D eigenvalue weighted by Gasteiger charge is 2.21. The van der Waals surface area contributed by atoms with Crippen molar-refractivity contribution in [3.05, 3.63) is 47.0 Å². The van der Waals surface area contributed by atoms with Gasteiger partial charge < -0.3 is 10.2 Å². The number of rotatable bonds is 6. The number of halogens is 1. The molecule has 0 aliphatic heterocycles. The standard InChI is InChI=1S/C14H20ClN5/c1-16-13(12-6-4-5-7-17-12)14-11(15)10-18-20(14)9-8-19(2)3/h4-7,10,13,16H,8-9H2,1-3H3. The van der Waals surface area contributed by atoms with E-state index in [4.69, 9.17) is 11.6 Å². The van der Waals surface area contributed by atoms with Crippen LogP contribution in [-0.2, 0) is 6.54 Å². The molecule has 0 spiro atoms. The van der Waals surface area contributed by atoms with E-state index in [1.807, 2.05) is 44.0 Å². The van der Waals surface area contributed by atoms with Gasteiger partial charge in [-0.1, -0.05) is 17.7 Å². The van der Waals surface area contributed by atoms with Gasteiger partial charge in [-0.25, -0.2) is 0 Å². The summed E-state index contributed by atoms with van der Waals surface area (Å²) in [4.78, 5) is 6.53. The van der Waals surface area contributed by atoms with Crippen LogP contribution in [0.15, 0.2) is 30.6 Å². The Morgan fingerprint density at radius 3 is 2.80 bits per heavy atom. The number of likely N-dealkylation sites (N-methyl/N-ethyl adjacent to an activating group) is 1. The van der Waals surface area contributed by atoms with E-state index in [1.165, 1.54) is 0 Å². The van der Waals surface area contributed by atoms with Crippen LogP contribution in [-0.4, -0.2) is 47.4 Å². The van der Waals surface area contributed by atoms with E-state index in [1.54, 1.807) is 12.4 Å². The molecule has 1 N–H and O–H groups in total. The second-order valence-electron chi connectivity index (χ2n) is 4.88. The Kier molecular flexibility index (Phi) is 5.11. The lowest BCUT2D eigenvalue weighted by Crippen LogP contribution is -2.26. The summed E-state index contributed by atoms with van der Waals surface area (Å²) < 4.78 is 1.94. The van der Waals surface area contributed by atoms with E-state index in [2.05, 4.69) is 20.3 Å². The summed E-state index contributed by atoms with van der Waals surface area (Å²) in [7, 11) is 5.98. The number of aromatic nitrogens is 3. The van der Waals surface area contributed by atoms with Crippen LogP contribution in [0.4, 0.5) is 0 Å². The second-order valence-corrected chi connectivity index (χ2v) is 5.29. The molecule has 0 aliphatic carbocycles. The van der Waals surface area contributed by atoms with Crippen LogP contribution >= 0.6 is 11.6 Å². The third-order valence-electron chi connectivity index (χ3n) is 3.14. The summed E-state index contributed by atoms with van der Waals surface area (Å²) in [5.74, 6) is 0. The number of nitrogens with zero attached hydrogens (tertiary/aromatic N) is 4. The Bertz CT molecular complexity index is 538. The highest BCUT2D eigenvalue weighted by molar-refractivity contribution is 6.31. The van der Waals surface area contributed by atoms with Crippen molar-refractivity contribution in [1.82, 2.24) is 25.0 Å². The van der Waals surface area contributed by atoms with Crippen LogP contribution in [0, 0.1) is 0 Å². The molecule has 2 heterocycles. The summed E-state index contributed by atoms with van der Waals surface area (Å²) in [6, 6.07) is 5.80. The molecule has 0 saturated carbocycles. The third kappa shape index (κ3) is 3.36. The van der Waals surface area contributed by atoms with Crippen LogP contribution in [0.1, 0.15) is 17.4 Å². The highest BCUT2D eigenvalue weighted by atomic mass is 35.5. The molecule has 2 rings (SSSR count). The van der Waals surface area contributed by atoms with Gasteiger partial charge in [0.1, 0.15) is 0 Å². The van der Waals surface area contributed by atoms with Crippen molar-refractivity contribution in [2.75, 3.05) is 27.7 Å². The fourth-order valence-electron chi connectivity index (χ4n) is 2.10. The van der Waals surface area contributed by atoms with Gasteiger partial charge in [-0.15, -0.1) is 0 Å². The molecule has 2 aromatic heterocycles. The monoisotopic (exact) mass is 293 g/mol. The average molecular weight is 294 g/mol. The van der Waals surface area contributed by atoms with Gasteiger partial charge in [0.15, 0.2) is 0 Å². The maximum Gasteiger partial charge on any atom is 0.0934 e. The first-order valence-electron chi connectivity index (χ1n) is 6.57. The van der Waals surface area contributed by atoms with E-state index in [0.29, 0.717) is 5.02 Å². The molecule has 5 nitrogen and oxygen atoms in total. The Morgan fingerprint density at radius 1 is 1.40 bits per heavy atom. The van der Waals surface area contributed by atoms with Crippen molar-refractivity contribution in [1.29, 1.82) is 0 Å². The van der Waals surface area contributed by atoms with Crippen molar-refractivity contribution >= 4 is 11.6 Å². The second kappa shape index (κ2) is 6.83. The van der Waals surface area contributed by atoms with Gasteiger partial charge in [0.25, 0.3) is 0 Å². The zero-order chi connectivity index (χ0) is 14.5.